The second-order valence-electron chi connectivity index (χ2n) is 29.8. The second-order valence-corrected chi connectivity index (χ2v) is 30.9. The standard InChI is InChI=1S/C98H71BN4OS/c1-97(2,3)65-45-51-84-77(55-65)78-56-66(98(4,5)6)46-52-85(78)101(84)68-58-89-94-90(59-68)103(86-40-23-37-74-73-36-22-35-72(95(73)104-96(74)86)71-34-24-42-92-93(71)75-33-18-21-41-91(75)105-92)87-54-64(61-27-12-8-13-28-61)43-48-79(87)99(94)80-49-47-67(100-81-38-19-16-31-69(81)70-32-17-20-39-82(70)100)57-88(80)102(89)83-50-44-63(60-25-10-7-11-26-60)53-76(83)62-29-14-9-15-30-62/h7-59H,1-6H3/i8D,12D,13D,16D,17D,19D,20D,27D,28D,31D,32D,38D,39D. The van der Waals surface area contributed by atoms with E-state index in [9.17, 15) is 11.0 Å². The molecule has 7 heteroatoms. The lowest BCUT2D eigenvalue weighted by atomic mass is 9.33. The molecular formula is C98H71BN4OS. The summed E-state index contributed by atoms with van der Waals surface area (Å²) in [6.45, 7) is 12.7. The van der Waals surface area contributed by atoms with Crippen LogP contribution < -0.4 is 26.2 Å². The average Bonchev–Trinajstić information content (AvgIpc) is 0.885. The van der Waals surface area contributed by atoms with Gasteiger partial charge in [0.15, 0.2) is 5.58 Å². The summed E-state index contributed by atoms with van der Waals surface area (Å²) in [5.41, 5.74) is 18.4. The van der Waals surface area contributed by atoms with Crippen molar-refractivity contribution in [3.63, 3.8) is 0 Å². The van der Waals surface area contributed by atoms with Crippen LogP contribution in [0.1, 0.15) is 70.5 Å². The fourth-order valence-corrected chi connectivity index (χ4v) is 17.9. The van der Waals surface area contributed by atoms with E-state index >= 15 is 0 Å². The molecule has 0 unspecified atom stereocenters. The number of fused-ring (bicyclic) bond motifs is 16. The molecule has 2 aliphatic rings. The normalized spacial score (nSPS) is 14.7. The first kappa shape index (κ1) is 49.2. The summed E-state index contributed by atoms with van der Waals surface area (Å²) in [6.07, 6.45) is 0. The Kier molecular flexibility index (Phi) is 10.8. The fourth-order valence-electron chi connectivity index (χ4n) is 16.8. The SMILES string of the molecule is [2H]c1c([2H])c([2H])c(-c2ccc3c(c2)N(c2cccc4c2oc2c(-c5cccc6sc7ccccc7c56)cccc24)c2cc(-n4c5ccc(C(C)(C)C)cc5c5cc(C(C)(C)C)ccc54)cc4c2B3c2ccc(-n3c5c([2H])c([2H])c([2H])c([2H])c5c5c([2H])c([2H])c([2H])c([2H])c53)cc2N4c2ccc(-c3ccccc3)cc2-c2ccccc2)c([2H])c1[2H]. The van der Waals surface area contributed by atoms with Crippen LogP contribution in [-0.2, 0) is 10.8 Å². The maximum absolute atomic E-state index is 9.84. The van der Waals surface area contributed by atoms with E-state index in [4.69, 9.17) is 11.3 Å². The van der Waals surface area contributed by atoms with Crippen molar-refractivity contribution >= 4 is 154 Å². The van der Waals surface area contributed by atoms with Crippen molar-refractivity contribution in [1.82, 2.24) is 9.13 Å². The Labute approximate surface area is 632 Å². The zero-order chi connectivity index (χ0) is 81.5. The number of aromatic nitrogens is 2. The molecule has 15 aromatic carbocycles. The van der Waals surface area contributed by atoms with Gasteiger partial charge in [-0.05, 0) is 169 Å². The number of furan rings is 1. The molecule has 0 spiro atoms. The molecule has 5 nitrogen and oxygen atoms in total. The Morgan fingerprint density at radius 1 is 0.324 bits per heavy atom. The number of anilines is 6. The van der Waals surface area contributed by atoms with Crippen molar-refractivity contribution in [2.75, 3.05) is 9.80 Å². The third-order valence-electron chi connectivity index (χ3n) is 21.7. The summed E-state index contributed by atoms with van der Waals surface area (Å²) in [5.74, 6) is 0. The highest BCUT2D eigenvalue weighted by Crippen LogP contribution is 2.53. The number of hydrogen-bond donors (Lipinski definition) is 0. The minimum Gasteiger partial charge on any atom is -0.453 e. The van der Waals surface area contributed by atoms with Crippen molar-refractivity contribution in [3.8, 4) is 55.9 Å². The van der Waals surface area contributed by atoms with Crippen LogP contribution in [0, 0.1) is 0 Å². The number of nitrogens with zero attached hydrogens (tertiary/aromatic N) is 4. The molecule has 0 fully saturated rings. The number of para-hydroxylation sites is 4. The predicted octanol–water partition coefficient (Wildman–Crippen LogP) is 25.5. The van der Waals surface area contributed by atoms with Gasteiger partial charge in [-0.15, -0.1) is 11.3 Å². The zero-order valence-corrected chi connectivity index (χ0v) is 59.1. The number of thiophene rings is 1. The quantitative estimate of drug-likeness (QED) is 0.142. The molecule has 0 saturated heterocycles. The molecule has 105 heavy (non-hydrogen) atoms. The fraction of sp³-hybridized carbons (Fsp3) is 0.0816. The molecule has 19 aromatic rings. The van der Waals surface area contributed by atoms with Crippen LogP contribution in [0.3, 0.4) is 0 Å². The van der Waals surface area contributed by atoms with Crippen LogP contribution in [0.15, 0.2) is 326 Å². The zero-order valence-electron chi connectivity index (χ0n) is 71.3. The van der Waals surface area contributed by atoms with Gasteiger partial charge in [-0.1, -0.05) is 266 Å². The van der Waals surface area contributed by atoms with Crippen molar-refractivity contribution in [2.24, 2.45) is 0 Å². The molecule has 2 aliphatic heterocycles. The molecule has 498 valence electrons. The predicted molar refractivity (Wildman–Crippen MR) is 448 cm³/mol. The summed E-state index contributed by atoms with van der Waals surface area (Å²) >= 11 is 1.75. The van der Waals surface area contributed by atoms with Gasteiger partial charge in [0.2, 0.25) is 0 Å². The highest BCUT2D eigenvalue weighted by atomic mass is 32.1. The first-order chi connectivity index (χ1) is 56.7. The Balaban J connectivity index is 0.945. The van der Waals surface area contributed by atoms with Crippen LogP contribution in [0.5, 0.6) is 0 Å². The van der Waals surface area contributed by atoms with Crippen LogP contribution in [0.25, 0.3) is 142 Å². The van der Waals surface area contributed by atoms with Gasteiger partial charge in [-0.3, -0.25) is 0 Å². The lowest BCUT2D eigenvalue weighted by Gasteiger charge is -2.45. The maximum atomic E-state index is 9.84. The van der Waals surface area contributed by atoms with Gasteiger partial charge in [0.1, 0.15) is 5.58 Å². The molecule has 6 heterocycles. The summed E-state index contributed by atoms with van der Waals surface area (Å²) in [6, 6.07) is 78.1. The Morgan fingerprint density at radius 3 is 1.55 bits per heavy atom. The molecule has 0 saturated carbocycles. The van der Waals surface area contributed by atoms with Crippen LogP contribution in [0.4, 0.5) is 34.1 Å². The van der Waals surface area contributed by atoms with Gasteiger partial charge in [0, 0.05) is 92.1 Å². The second kappa shape index (κ2) is 23.0. The third-order valence-corrected chi connectivity index (χ3v) is 22.9. The number of rotatable bonds is 8. The van der Waals surface area contributed by atoms with Gasteiger partial charge in [0.25, 0.3) is 6.71 Å². The molecular weight excluding hydrogens is 1290 g/mol. The van der Waals surface area contributed by atoms with E-state index in [2.05, 4.69) is 226 Å². The van der Waals surface area contributed by atoms with Crippen LogP contribution in [0.2, 0.25) is 0 Å². The monoisotopic (exact) mass is 1380 g/mol. The molecule has 0 amide bonds. The third kappa shape index (κ3) is 9.40. The van der Waals surface area contributed by atoms with Gasteiger partial charge in [0.05, 0.1) is 56.9 Å². The minimum atomic E-state index is -0.722. The molecule has 0 bridgehead atoms. The van der Waals surface area contributed by atoms with Crippen LogP contribution >= 0.6 is 11.3 Å². The Hall–Kier alpha value is -12.4. The van der Waals surface area contributed by atoms with E-state index in [1.54, 1.807) is 15.9 Å². The summed E-state index contributed by atoms with van der Waals surface area (Å²) < 4.78 is 136. The smallest absolute Gasteiger partial charge is 0.252 e. The largest absolute Gasteiger partial charge is 0.453 e. The first-order valence-electron chi connectivity index (χ1n) is 42.1. The lowest BCUT2D eigenvalue weighted by Crippen LogP contribution is -2.61. The van der Waals surface area contributed by atoms with E-state index in [1.165, 1.54) is 4.70 Å². The highest BCUT2D eigenvalue weighted by Gasteiger charge is 2.45. The van der Waals surface area contributed by atoms with E-state index in [1.807, 2.05) is 72.8 Å². The topological polar surface area (TPSA) is 29.5 Å². The van der Waals surface area contributed by atoms with Crippen molar-refractivity contribution in [3.05, 3.63) is 332 Å². The first-order valence-corrected chi connectivity index (χ1v) is 36.4. The Bertz CT molecular complexity index is 7490. The molecule has 4 aromatic heterocycles. The summed E-state index contributed by atoms with van der Waals surface area (Å²) in [4.78, 5) is 4.55. The summed E-state index contributed by atoms with van der Waals surface area (Å²) in [7, 11) is 0. The molecule has 21 rings (SSSR count). The number of hydrogen-bond acceptors (Lipinski definition) is 4. The minimum absolute atomic E-state index is 0.0135. The molecule has 0 atom stereocenters. The van der Waals surface area contributed by atoms with Gasteiger partial charge < -0.3 is 23.4 Å². The van der Waals surface area contributed by atoms with Gasteiger partial charge >= 0.3 is 0 Å². The molecule has 0 N–H and O–H groups in total. The van der Waals surface area contributed by atoms with Crippen LogP contribution in [-0.4, -0.2) is 15.8 Å². The van der Waals surface area contributed by atoms with Gasteiger partial charge in [-0.2, -0.15) is 0 Å². The van der Waals surface area contributed by atoms with E-state index in [0.29, 0.717) is 39.5 Å². The van der Waals surface area contributed by atoms with E-state index in [-0.39, 0.29) is 50.3 Å². The van der Waals surface area contributed by atoms with E-state index < -0.39 is 73.2 Å². The Morgan fingerprint density at radius 2 is 0.857 bits per heavy atom. The van der Waals surface area contributed by atoms with Crippen molar-refractivity contribution in [1.29, 1.82) is 0 Å². The van der Waals surface area contributed by atoms with Crippen molar-refractivity contribution in [2.45, 2.75) is 52.4 Å². The average molecular weight is 1380 g/mol. The lowest BCUT2D eigenvalue weighted by molar-refractivity contribution is 0.590. The molecule has 0 radical (unpaired) electrons. The van der Waals surface area contributed by atoms with Gasteiger partial charge in [-0.25, -0.2) is 0 Å². The number of benzene rings is 15. The maximum Gasteiger partial charge on any atom is 0.252 e. The molecule has 0 aliphatic carbocycles. The highest BCUT2D eigenvalue weighted by molar-refractivity contribution is 7.26. The van der Waals surface area contributed by atoms with Crippen molar-refractivity contribution < 1.29 is 22.2 Å². The van der Waals surface area contributed by atoms with E-state index in [0.717, 1.165) is 132 Å². The summed E-state index contributed by atoms with van der Waals surface area (Å²) in [5, 5.41) is 5.99.